The Hall–Kier alpha value is -2.03. The minimum Gasteiger partial charge on any atom is -0.254 e. The summed E-state index contributed by atoms with van der Waals surface area (Å²) in [6.07, 6.45) is 3.34. The van der Waals surface area contributed by atoms with Gasteiger partial charge in [-0.1, -0.05) is 6.07 Å². The first-order valence-corrected chi connectivity index (χ1v) is 4.64. The van der Waals surface area contributed by atoms with Crippen molar-refractivity contribution in [3.05, 3.63) is 48.5 Å². The molecule has 2 heterocycles. The summed E-state index contributed by atoms with van der Waals surface area (Å²) in [7, 11) is 0. The molecule has 0 N–H and O–H groups in total. The molecule has 3 aromatic rings. The summed E-state index contributed by atoms with van der Waals surface area (Å²) in [6.45, 7) is 0. The van der Waals surface area contributed by atoms with E-state index in [0.717, 1.165) is 10.9 Å². The first kappa shape index (κ1) is 8.29. The standard InChI is InChI=1S/C12H7FN2/c13-10-7-8-3-1-5-14-11(8)12-9(10)4-2-6-15-12/h1-7H. The summed E-state index contributed by atoms with van der Waals surface area (Å²) in [5.41, 5.74) is 1.36. The maximum atomic E-state index is 13.6. The van der Waals surface area contributed by atoms with Crippen LogP contribution >= 0.6 is 0 Å². The number of pyridine rings is 2. The van der Waals surface area contributed by atoms with Crippen molar-refractivity contribution < 1.29 is 4.39 Å². The Morgan fingerprint density at radius 2 is 1.67 bits per heavy atom. The lowest BCUT2D eigenvalue weighted by Gasteiger charge is -2.02. The monoisotopic (exact) mass is 198 g/mol. The molecule has 0 saturated heterocycles. The Bertz CT molecular complexity index is 649. The van der Waals surface area contributed by atoms with Gasteiger partial charge in [-0.25, -0.2) is 4.39 Å². The van der Waals surface area contributed by atoms with E-state index in [9.17, 15) is 4.39 Å². The number of nitrogens with zero attached hydrogens (tertiary/aromatic N) is 2. The van der Waals surface area contributed by atoms with E-state index in [1.165, 1.54) is 6.07 Å². The van der Waals surface area contributed by atoms with Gasteiger partial charge in [0.05, 0.1) is 11.0 Å². The third-order valence-electron chi connectivity index (χ3n) is 2.41. The molecule has 0 aliphatic rings. The maximum absolute atomic E-state index is 13.6. The van der Waals surface area contributed by atoms with E-state index in [2.05, 4.69) is 9.97 Å². The van der Waals surface area contributed by atoms with E-state index in [0.29, 0.717) is 10.9 Å². The predicted molar refractivity (Wildman–Crippen MR) is 57.0 cm³/mol. The van der Waals surface area contributed by atoms with Gasteiger partial charge in [0.2, 0.25) is 0 Å². The second-order valence-corrected chi connectivity index (χ2v) is 3.33. The topological polar surface area (TPSA) is 25.8 Å². The summed E-state index contributed by atoms with van der Waals surface area (Å²) in [5, 5.41) is 1.30. The van der Waals surface area contributed by atoms with E-state index in [1.807, 2.05) is 6.07 Å². The van der Waals surface area contributed by atoms with Crippen LogP contribution in [0.4, 0.5) is 4.39 Å². The molecular weight excluding hydrogens is 191 g/mol. The minimum absolute atomic E-state index is 0.251. The van der Waals surface area contributed by atoms with Gasteiger partial charge in [0.25, 0.3) is 0 Å². The molecule has 0 spiro atoms. The van der Waals surface area contributed by atoms with Gasteiger partial charge in [-0.3, -0.25) is 9.97 Å². The Balaban J connectivity index is 2.64. The molecule has 3 rings (SSSR count). The molecule has 15 heavy (non-hydrogen) atoms. The Kier molecular flexibility index (Phi) is 1.65. The van der Waals surface area contributed by atoms with Gasteiger partial charge in [0.15, 0.2) is 0 Å². The molecule has 2 aromatic heterocycles. The highest BCUT2D eigenvalue weighted by Gasteiger charge is 2.06. The predicted octanol–water partition coefficient (Wildman–Crippen LogP) is 2.92. The zero-order valence-electron chi connectivity index (χ0n) is 7.81. The molecule has 0 radical (unpaired) electrons. The van der Waals surface area contributed by atoms with Gasteiger partial charge < -0.3 is 0 Å². The number of fused-ring (bicyclic) bond motifs is 3. The van der Waals surface area contributed by atoms with Crippen molar-refractivity contribution in [3.63, 3.8) is 0 Å². The van der Waals surface area contributed by atoms with Crippen molar-refractivity contribution >= 4 is 21.8 Å². The summed E-state index contributed by atoms with van der Waals surface area (Å²) in [6, 6.07) is 8.55. The maximum Gasteiger partial charge on any atom is 0.133 e. The zero-order chi connectivity index (χ0) is 10.3. The molecule has 0 aliphatic heterocycles. The number of benzene rings is 1. The summed E-state index contributed by atoms with van der Waals surface area (Å²) >= 11 is 0. The van der Waals surface area contributed by atoms with Crippen LogP contribution in [0, 0.1) is 5.82 Å². The molecule has 0 fully saturated rings. The second kappa shape index (κ2) is 2.98. The fourth-order valence-corrected chi connectivity index (χ4v) is 1.73. The van der Waals surface area contributed by atoms with Crippen LogP contribution in [-0.4, -0.2) is 9.97 Å². The van der Waals surface area contributed by atoms with Gasteiger partial charge in [0.1, 0.15) is 5.82 Å². The van der Waals surface area contributed by atoms with Crippen molar-refractivity contribution in [1.82, 2.24) is 9.97 Å². The van der Waals surface area contributed by atoms with Gasteiger partial charge in [-0.2, -0.15) is 0 Å². The average Bonchev–Trinajstić information content (AvgIpc) is 2.30. The molecule has 0 amide bonds. The van der Waals surface area contributed by atoms with Crippen LogP contribution in [0.2, 0.25) is 0 Å². The van der Waals surface area contributed by atoms with Crippen molar-refractivity contribution in [3.8, 4) is 0 Å². The highest BCUT2D eigenvalue weighted by atomic mass is 19.1. The van der Waals surface area contributed by atoms with E-state index in [-0.39, 0.29) is 5.82 Å². The third kappa shape index (κ3) is 1.16. The van der Waals surface area contributed by atoms with Crippen LogP contribution in [0.5, 0.6) is 0 Å². The molecule has 2 nitrogen and oxygen atoms in total. The number of rotatable bonds is 0. The highest BCUT2D eigenvalue weighted by Crippen LogP contribution is 2.23. The number of hydrogen-bond acceptors (Lipinski definition) is 2. The molecule has 0 bridgehead atoms. The van der Waals surface area contributed by atoms with E-state index >= 15 is 0 Å². The molecule has 0 saturated carbocycles. The lowest BCUT2D eigenvalue weighted by Crippen LogP contribution is -1.87. The van der Waals surface area contributed by atoms with Crippen LogP contribution in [0.25, 0.3) is 21.8 Å². The smallest absolute Gasteiger partial charge is 0.133 e. The van der Waals surface area contributed by atoms with Crippen molar-refractivity contribution in [2.45, 2.75) is 0 Å². The zero-order valence-corrected chi connectivity index (χ0v) is 7.81. The largest absolute Gasteiger partial charge is 0.254 e. The number of halogens is 1. The molecule has 0 unspecified atom stereocenters. The molecule has 3 heteroatoms. The van der Waals surface area contributed by atoms with Crippen molar-refractivity contribution in [2.75, 3.05) is 0 Å². The van der Waals surface area contributed by atoms with Crippen LogP contribution in [0.15, 0.2) is 42.7 Å². The average molecular weight is 198 g/mol. The Morgan fingerprint density at radius 1 is 0.933 bits per heavy atom. The molecular formula is C12H7FN2. The number of aromatic nitrogens is 2. The van der Waals surface area contributed by atoms with Crippen LogP contribution in [-0.2, 0) is 0 Å². The first-order chi connectivity index (χ1) is 7.36. The van der Waals surface area contributed by atoms with Gasteiger partial charge in [-0.15, -0.1) is 0 Å². The number of hydrogen-bond donors (Lipinski definition) is 0. The molecule has 1 aromatic carbocycles. The summed E-state index contributed by atoms with van der Waals surface area (Å²) in [4.78, 5) is 8.39. The first-order valence-electron chi connectivity index (χ1n) is 4.64. The van der Waals surface area contributed by atoms with Crippen molar-refractivity contribution in [1.29, 1.82) is 0 Å². The lowest BCUT2D eigenvalue weighted by molar-refractivity contribution is 0.641. The normalized spacial score (nSPS) is 11.0. The minimum atomic E-state index is -0.251. The molecule has 0 aliphatic carbocycles. The molecule has 0 atom stereocenters. The summed E-state index contributed by atoms with van der Waals surface area (Å²) < 4.78 is 13.6. The lowest BCUT2D eigenvalue weighted by atomic mass is 10.1. The summed E-state index contributed by atoms with van der Waals surface area (Å²) in [5.74, 6) is -0.251. The fourth-order valence-electron chi connectivity index (χ4n) is 1.73. The van der Waals surface area contributed by atoms with Crippen LogP contribution in [0.3, 0.4) is 0 Å². The highest BCUT2D eigenvalue weighted by molar-refractivity contribution is 6.02. The fraction of sp³-hybridized carbons (Fsp3) is 0. The Labute approximate surface area is 85.4 Å². The van der Waals surface area contributed by atoms with E-state index < -0.39 is 0 Å². The quantitative estimate of drug-likeness (QED) is 0.519. The van der Waals surface area contributed by atoms with Crippen LogP contribution in [0.1, 0.15) is 0 Å². The van der Waals surface area contributed by atoms with E-state index in [1.54, 1.807) is 30.6 Å². The molecule has 72 valence electrons. The van der Waals surface area contributed by atoms with E-state index in [4.69, 9.17) is 0 Å². The Morgan fingerprint density at radius 3 is 2.53 bits per heavy atom. The van der Waals surface area contributed by atoms with Crippen molar-refractivity contribution in [2.24, 2.45) is 0 Å². The van der Waals surface area contributed by atoms with Gasteiger partial charge in [0, 0.05) is 23.2 Å². The SMILES string of the molecule is Fc1cc2cccnc2c2ncccc12. The third-order valence-corrected chi connectivity index (χ3v) is 2.41. The van der Waals surface area contributed by atoms with Gasteiger partial charge in [-0.05, 0) is 24.3 Å². The van der Waals surface area contributed by atoms with Gasteiger partial charge >= 0.3 is 0 Å². The second-order valence-electron chi connectivity index (χ2n) is 3.33. The van der Waals surface area contributed by atoms with Crippen LogP contribution < -0.4 is 0 Å².